The van der Waals surface area contributed by atoms with E-state index in [2.05, 4.69) is 43.6 Å². The third-order valence-corrected chi connectivity index (χ3v) is 5.67. The fourth-order valence-corrected chi connectivity index (χ4v) is 4.04. The Labute approximate surface area is 155 Å². The smallest absolute Gasteiger partial charge is 0.191 e. The number of nitrogens with one attached hydrogen (secondary N) is 2. The number of rotatable bonds is 9. The van der Waals surface area contributed by atoms with Gasteiger partial charge in [-0.15, -0.1) is 10.2 Å². The molecular weight excluding hydrogens is 332 g/mol. The van der Waals surface area contributed by atoms with E-state index in [0.29, 0.717) is 6.04 Å². The molecule has 2 aliphatic carbocycles. The average Bonchev–Trinajstić information content (AvgIpc) is 3.13. The quantitative estimate of drug-likeness (QED) is 0.305. The highest BCUT2D eigenvalue weighted by molar-refractivity contribution is 7.98. The van der Waals surface area contributed by atoms with Crippen LogP contribution in [0.2, 0.25) is 0 Å². The van der Waals surface area contributed by atoms with Crippen LogP contribution in [-0.2, 0) is 6.42 Å². The average molecular weight is 365 g/mol. The van der Waals surface area contributed by atoms with Crippen LogP contribution < -0.4 is 10.6 Å². The van der Waals surface area contributed by atoms with Gasteiger partial charge in [0, 0.05) is 32.1 Å². The zero-order valence-corrected chi connectivity index (χ0v) is 16.4. The first-order valence-electron chi connectivity index (χ1n) is 9.81. The van der Waals surface area contributed by atoms with Crippen molar-refractivity contribution in [3.63, 3.8) is 0 Å². The minimum atomic E-state index is 0.609. The lowest BCUT2D eigenvalue weighted by atomic mass is 10.2. The summed E-state index contributed by atoms with van der Waals surface area (Å²) < 4.78 is 2.41. The topological polar surface area (TPSA) is 67.1 Å². The van der Waals surface area contributed by atoms with E-state index >= 15 is 0 Å². The van der Waals surface area contributed by atoms with E-state index in [1.165, 1.54) is 38.5 Å². The van der Waals surface area contributed by atoms with Gasteiger partial charge in [-0.25, -0.2) is 0 Å². The molecule has 2 N–H and O–H groups in total. The maximum absolute atomic E-state index is 4.68. The molecule has 25 heavy (non-hydrogen) atoms. The molecule has 2 fully saturated rings. The van der Waals surface area contributed by atoms with Gasteiger partial charge in [0.1, 0.15) is 5.82 Å². The molecule has 2 saturated carbocycles. The van der Waals surface area contributed by atoms with Gasteiger partial charge in [0.2, 0.25) is 0 Å². The van der Waals surface area contributed by atoms with Gasteiger partial charge in [0.15, 0.2) is 11.1 Å². The first-order valence-corrected chi connectivity index (χ1v) is 11.0. The second kappa shape index (κ2) is 9.46. The number of thioether (sulfide) groups is 1. The second-order valence-electron chi connectivity index (χ2n) is 7.10. The summed E-state index contributed by atoms with van der Waals surface area (Å²) in [5.74, 6) is 2.93. The lowest BCUT2D eigenvalue weighted by molar-refractivity contribution is 0.460. The van der Waals surface area contributed by atoms with Crippen molar-refractivity contribution in [3.05, 3.63) is 5.82 Å². The Balaban J connectivity index is 1.49. The molecule has 0 amide bonds. The molecule has 2 aliphatic rings. The monoisotopic (exact) mass is 364 g/mol. The first-order chi connectivity index (χ1) is 12.3. The number of nitrogens with zero attached hydrogens (tertiary/aromatic N) is 4. The molecular formula is C18H32N6S. The van der Waals surface area contributed by atoms with E-state index < -0.39 is 0 Å². The van der Waals surface area contributed by atoms with Crippen LogP contribution in [0, 0.1) is 5.92 Å². The molecule has 0 bridgehead atoms. The van der Waals surface area contributed by atoms with Crippen molar-refractivity contribution in [3.8, 4) is 0 Å². The van der Waals surface area contributed by atoms with Crippen LogP contribution >= 0.6 is 11.8 Å². The van der Waals surface area contributed by atoms with Crippen LogP contribution in [0.25, 0.3) is 0 Å². The van der Waals surface area contributed by atoms with Crippen LogP contribution in [0.5, 0.6) is 0 Å². The van der Waals surface area contributed by atoms with E-state index in [4.69, 9.17) is 0 Å². The Morgan fingerprint density at radius 1 is 1.20 bits per heavy atom. The zero-order chi connectivity index (χ0) is 17.5. The van der Waals surface area contributed by atoms with Crippen molar-refractivity contribution < 1.29 is 0 Å². The maximum Gasteiger partial charge on any atom is 0.191 e. The highest BCUT2D eigenvalue weighted by Gasteiger charge is 2.23. The summed E-state index contributed by atoms with van der Waals surface area (Å²) in [7, 11) is 0. The number of aliphatic imine (C=N–C) groups is 1. The summed E-state index contributed by atoms with van der Waals surface area (Å²) >= 11 is 1.71. The predicted molar refractivity (Wildman–Crippen MR) is 104 cm³/mol. The third-order valence-electron chi connectivity index (χ3n) is 5.03. The highest BCUT2D eigenvalue weighted by Crippen LogP contribution is 2.33. The first kappa shape index (κ1) is 18.5. The van der Waals surface area contributed by atoms with Crippen LogP contribution in [0.15, 0.2) is 10.1 Å². The summed E-state index contributed by atoms with van der Waals surface area (Å²) in [6.45, 7) is 4.90. The predicted octanol–water partition coefficient (Wildman–Crippen LogP) is 3.01. The molecule has 7 heteroatoms. The lowest BCUT2D eigenvalue weighted by Crippen LogP contribution is -2.38. The van der Waals surface area contributed by atoms with Gasteiger partial charge in [0.25, 0.3) is 0 Å². The van der Waals surface area contributed by atoms with Crippen molar-refractivity contribution in [2.24, 2.45) is 10.9 Å². The Hall–Kier alpha value is -1.24. The molecule has 0 unspecified atom stereocenters. The van der Waals surface area contributed by atoms with Gasteiger partial charge in [-0.3, -0.25) is 4.99 Å². The third kappa shape index (κ3) is 5.36. The number of aryl methyl sites for hydroxylation is 1. The molecule has 140 valence electrons. The van der Waals surface area contributed by atoms with Crippen molar-refractivity contribution in [2.75, 3.05) is 25.9 Å². The molecule has 6 nitrogen and oxygen atoms in total. The van der Waals surface area contributed by atoms with Crippen LogP contribution in [0.3, 0.4) is 0 Å². The normalized spacial score (nSPS) is 18.7. The molecule has 0 atom stereocenters. The number of aromatic nitrogens is 3. The van der Waals surface area contributed by atoms with Crippen molar-refractivity contribution in [1.82, 2.24) is 25.4 Å². The SMILES string of the molecule is CCNC(=NCC1CC1)NCCCc1nnc(SC)n1C1CCCC1. The van der Waals surface area contributed by atoms with Gasteiger partial charge in [-0.05, 0) is 51.2 Å². The van der Waals surface area contributed by atoms with E-state index in [0.717, 1.165) is 55.3 Å². The van der Waals surface area contributed by atoms with E-state index in [1.807, 2.05) is 0 Å². The van der Waals surface area contributed by atoms with E-state index in [9.17, 15) is 0 Å². The van der Waals surface area contributed by atoms with Gasteiger partial charge < -0.3 is 15.2 Å². The number of guanidine groups is 1. The Bertz CT molecular complexity index is 560. The van der Waals surface area contributed by atoms with Gasteiger partial charge in [-0.2, -0.15) is 0 Å². The minimum Gasteiger partial charge on any atom is -0.357 e. The minimum absolute atomic E-state index is 0.609. The molecule has 1 heterocycles. The summed E-state index contributed by atoms with van der Waals surface area (Å²) in [6, 6.07) is 0.609. The standard InChI is InChI=1S/C18H32N6S/c1-3-19-17(21-13-14-10-11-14)20-12-6-9-16-22-23-18(25-2)24(16)15-7-4-5-8-15/h14-15H,3-13H2,1-2H3,(H2,19,20,21). The zero-order valence-electron chi connectivity index (χ0n) is 15.6. The summed E-state index contributed by atoms with van der Waals surface area (Å²) in [6.07, 6.45) is 12.0. The van der Waals surface area contributed by atoms with Crippen LogP contribution in [0.1, 0.15) is 63.7 Å². The Kier molecular flexibility index (Phi) is 7.02. The Morgan fingerprint density at radius 3 is 2.68 bits per heavy atom. The molecule has 1 aromatic rings. The summed E-state index contributed by atoms with van der Waals surface area (Å²) in [5, 5.41) is 16.7. The van der Waals surface area contributed by atoms with E-state index in [1.54, 1.807) is 11.8 Å². The van der Waals surface area contributed by atoms with Crippen LogP contribution in [0.4, 0.5) is 0 Å². The maximum atomic E-state index is 4.68. The summed E-state index contributed by atoms with van der Waals surface area (Å²) in [4.78, 5) is 4.68. The van der Waals surface area contributed by atoms with Crippen molar-refractivity contribution >= 4 is 17.7 Å². The van der Waals surface area contributed by atoms with Crippen LogP contribution in [-0.4, -0.2) is 46.6 Å². The molecule has 3 rings (SSSR count). The molecule has 0 spiro atoms. The van der Waals surface area contributed by atoms with Gasteiger partial charge >= 0.3 is 0 Å². The molecule has 0 aromatic carbocycles. The van der Waals surface area contributed by atoms with Gasteiger partial charge in [0.05, 0.1) is 0 Å². The summed E-state index contributed by atoms with van der Waals surface area (Å²) in [5.41, 5.74) is 0. The molecule has 0 saturated heterocycles. The molecule has 1 aromatic heterocycles. The molecule has 0 aliphatic heterocycles. The van der Waals surface area contributed by atoms with Crippen molar-refractivity contribution in [2.45, 2.75) is 69.5 Å². The van der Waals surface area contributed by atoms with Crippen molar-refractivity contribution in [1.29, 1.82) is 0 Å². The van der Waals surface area contributed by atoms with E-state index in [-0.39, 0.29) is 0 Å². The highest BCUT2D eigenvalue weighted by atomic mass is 32.2. The Morgan fingerprint density at radius 2 is 2.00 bits per heavy atom. The fourth-order valence-electron chi connectivity index (χ4n) is 3.46. The molecule has 0 radical (unpaired) electrons. The number of hydrogen-bond acceptors (Lipinski definition) is 4. The number of hydrogen-bond donors (Lipinski definition) is 2. The lowest BCUT2D eigenvalue weighted by Gasteiger charge is -2.16. The van der Waals surface area contributed by atoms with Gasteiger partial charge in [-0.1, -0.05) is 24.6 Å². The second-order valence-corrected chi connectivity index (χ2v) is 7.88. The fraction of sp³-hybridized carbons (Fsp3) is 0.833. The largest absolute Gasteiger partial charge is 0.357 e.